The second-order valence-corrected chi connectivity index (χ2v) is 2.46. The van der Waals surface area contributed by atoms with Gasteiger partial charge in [0.1, 0.15) is 6.33 Å². The van der Waals surface area contributed by atoms with Gasteiger partial charge in [0.15, 0.2) is 11.2 Å². The van der Waals surface area contributed by atoms with E-state index < -0.39 is 0 Å². The number of nitrogens with zero attached hydrogens (tertiary/aromatic N) is 3. The Morgan fingerprint density at radius 2 is 2.46 bits per heavy atom. The monoisotopic (exact) mass is 180 g/mol. The number of rotatable bonds is 1. The van der Waals surface area contributed by atoms with Crippen molar-refractivity contribution in [3.8, 4) is 0 Å². The largest absolute Gasteiger partial charge is 0.369 e. The van der Waals surface area contributed by atoms with E-state index in [4.69, 9.17) is 5.73 Å². The zero-order chi connectivity index (χ0) is 9.42. The number of aromatic amines is 1. The zero-order valence-corrected chi connectivity index (χ0v) is 6.90. The molecule has 7 nitrogen and oxygen atoms in total. The highest BCUT2D eigenvalue weighted by atomic mass is 16.1. The lowest BCUT2D eigenvalue weighted by molar-refractivity contribution is 0.938. The summed E-state index contributed by atoms with van der Waals surface area (Å²) in [6.07, 6.45) is 1.46. The summed E-state index contributed by atoms with van der Waals surface area (Å²) in [4.78, 5) is 21.4. The quantitative estimate of drug-likeness (QED) is 0.515. The Bertz CT molecular complexity index is 497. The van der Waals surface area contributed by atoms with Crippen LogP contribution in [-0.4, -0.2) is 26.7 Å². The number of hydrogen-bond acceptors (Lipinski definition) is 5. The van der Waals surface area contributed by atoms with E-state index in [1.807, 2.05) is 0 Å². The minimum absolute atomic E-state index is 0.0782. The maximum absolute atomic E-state index is 11.2. The number of nitrogen functional groups attached to an aromatic ring is 1. The van der Waals surface area contributed by atoms with Gasteiger partial charge in [0.05, 0.1) is 0 Å². The van der Waals surface area contributed by atoms with Gasteiger partial charge >= 0.3 is 0 Å². The molecule has 0 saturated heterocycles. The molecule has 0 aliphatic carbocycles. The Morgan fingerprint density at radius 3 is 3.15 bits per heavy atom. The highest BCUT2D eigenvalue weighted by Gasteiger charge is 2.07. The fraction of sp³-hybridized carbons (Fsp3) is 0.167. The number of fused-ring (bicyclic) bond motifs is 1. The van der Waals surface area contributed by atoms with E-state index in [9.17, 15) is 4.79 Å². The predicted molar refractivity (Wildman–Crippen MR) is 47.8 cm³/mol. The van der Waals surface area contributed by atoms with Crippen molar-refractivity contribution < 1.29 is 0 Å². The second kappa shape index (κ2) is 2.47. The van der Waals surface area contributed by atoms with Gasteiger partial charge in [-0.05, 0) is 0 Å². The number of nitrogens with two attached hydrogens (primary N) is 1. The molecule has 0 aromatic carbocycles. The van der Waals surface area contributed by atoms with Crippen molar-refractivity contribution >= 4 is 17.1 Å². The van der Waals surface area contributed by atoms with Gasteiger partial charge in [-0.25, -0.2) is 9.66 Å². The van der Waals surface area contributed by atoms with Crippen molar-refractivity contribution in [2.75, 3.05) is 18.2 Å². The molecule has 7 heteroatoms. The summed E-state index contributed by atoms with van der Waals surface area (Å²) >= 11 is 0. The van der Waals surface area contributed by atoms with Crippen LogP contribution in [0.25, 0.3) is 11.2 Å². The molecular formula is C6H8N6O. The van der Waals surface area contributed by atoms with Crippen molar-refractivity contribution in [2.24, 2.45) is 0 Å². The van der Waals surface area contributed by atoms with E-state index in [0.717, 1.165) is 0 Å². The third-order valence-corrected chi connectivity index (χ3v) is 1.67. The van der Waals surface area contributed by atoms with Gasteiger partial charge in [-0.1, -0.05) is 0 Å². The molecule has 2 aromatic rings. The molecule has 0 bridgehead atoms. The van der Waals surface area contributed by atoms with Crippen LogP contribution in [0, 0.1) is 0 Å². The van der Waals surface area contributed by atoms with Crippen LogP contribution in [0.5, 0.6) is 0 Å². The van der Waals surface area contributed by atoms with Crippen LogP contribution in [0.1, 0.15) is 0 Å². The van der Waals surface area contributed by atoms with Crippen molar-refractivity contribution in [3.63, 3.8) is 0 Å². The van der Waals surface area contributed by atoms with Crippen molar-refractivity contribution in [2.45, 2.75) is 0 Å². The lowest BCUT2D eigenvalue weighted by Gasteiger charge is -1.99. The van der Waals surface area contributed by atoms with E-state index >= 15 is 0 Å². The Labute approximate surface area is 72.6 Å². The van der Waals surface area contributed by atoms with Crippen LogP contribution in [0.3, 0.4) is 0 Å². The molecule has 0 unspecified atom stereocenters. The average Bonchev–Trinajstić information content (AvgIpc) is 2.47. The maximum Gasteiger partial charge on any atom is 0.280 e. The second-order valence-electron chi connectivity index (χ2n) is 2.46. The molecule has 0 atom stereocenters. The van der Waals surface area contributed by atoms with Crippen LogP contribution < -0.4 is 16.7 Å². The minimum Gasteiger partial charge on any atom is -0.369 e. The van der Waals surface area contributed by atoms with E-state index in [1.54, 1.807) is 7.05 Å². The summed E-state index contributed by atoms with van der Waals surface area (Å²) in [6, 6.07) is 0. The molecule has 0 fully saturated rings. The third kappa shape index (κ3) is 1.01. The first kappa shape index (κ1) is 7.59. The molecule has 0 aliphatic heterocycles. The molecule has 2 aromatic heterocycles. The van der Waals surface area contributed by atoms with Gasteiger partial charge in [-0.3, -0.25) is 9.78 Å². The topological polar surface area (TPSA) is 102 Å². The summed E-state index contributed by atoms with van der Waals surface area (Å²) in [5, 5.41) is 0. The highest BCUT2D eigenvalue weighted by Crippen LogP contribution is 2.02. The molecule has 2 heterocycles. The molecule has 2 rings (SSSR count). The maximum atomic E-state index is 11.2. The Balaban J connectivity index is 2.90. The number of imidazole rings is 1. The molecule has 68 valence electrons. The SMILES string of the molecule is CNn1cnc2c(=O)[nH]c(N)nc21. The minimum atomic E-state index is -0.337. The van der Waals surface area contributed by atoms with Crippen LogP contribution in [-0.2, 0) is 0 Å². The lowest BCUT2D eigenvalue weighted by atomic mass is 10.5. The Kier molecular flexibility index (Phi) is 1.44. The first-order chi connectivity index (χ1) is 6.22. The van der Waals surface area contributed by atoms with Crippen LogP contribution in [0.2, 0.25) is 0 Å². The molecule has 0 saturated carbocycles. The van der Waals surface area contributed by atoms with E-state index in [2.05, 4.69) is 20.4 Å². The molecule has 0 aliphatic rings. The highest BCUT2D eigenvalue weighted by molar-refractivity contribution is 5.70. The number of aromatic nitrogens is 4. The molecule has 4 N–H and O–H groups in total. The summed E-state index contributed by atoms with van der Waals surface area (Å²) < 4.78 is 1.51. The predicted octanol–water partition coefficient (Wildman–Crippen LogP) is -1.12. The van der Waals surface area contributed by atoms with Gasteiger partial charge in [0.2, 0.25) is 5.95 Å². The Morgan fingerprint density at radius 1 is 1.69 bits per heavy atom. The van der Waals surface area contributed by atoms with Gasteiger partial charge in [0.25, 0.3) is 5.56 Å². The fourth-order valence-corrected chi connectivity index (χ4v) is 1.09. The summed E-state index contributed by atoms with van der Waals surface area (Å²) in [5.41, 5.74) is 8.51. The fourth-order valence-electron chi connectivity index (χ4n) is 1.09. The first-order valence-electron chi connectivity index (χ1n) is 3.63. The average molecular weight is 180 g/mol. The van der Waals surface area contributed by atoms with Crippen LogP contribution in [0.4, 0.5) is 5.95 Å². The van der Waals surface area contributed by atoms with E-state index in [-0.39, 0.29) is 17.0 Å². The van der Waals surface area contributed by atoms with Crippen molar-refractivity contribution in [1.29, 1.82) is 0 Å². The van der Waals surface area contributed by atoms with Gasteiger partial charge in [-0.2, -0.15) is 4.98 Å². The molecule has 0 radical (unpaired) electrons. The van der Waals surface area contributed by atoms with Crippen molar-refractivity contribution in [1.82, 2.24) is 19.6 Å². The van der Waals surface area contributed by atoms with Gasteiger partial charge < -0.3 is 11.2 Å². The molecule has 0 spiro atoms. The number of H-pyrrole nitrogens is 1. The summed E-state index contributed by atoms with van der Waals surface area (Å²) in [6.45, 7) is 0. The smallest absolute Gasteiger partial charge is 0.280 e. The summed E-state index contributed by atoms with van der Waals surface area (Å²) in [5.74, 6) is 0.0782. The standard InChI is InChI=1S/C6H8N6O/c1-8-12-2-9-3-4(12)10-6(7)11-5(3)13/h2,8H,1H3,(H3,7,10,11,13). The van der Waals surface area contributed by atoms with E-state index in [0.29, 0.717) is 5.65 Å². The summed E-state index contributed by atoms with van der Waals surface area (Å²) in [7, 11) is 1.69. The van der Waals surface area contributed by atoms with Gasteiger partial charge in [-0.15, -0.1) is 0 Å². The lowest BCUT2D eigenvalue weighted by Crippen LogP contribution is -2.14. The molecule has 13 heavy (non-hydrogen) atoms. The first-order valence-corrected chi connectivity index (χ1v) is 3.63. The van der Waals surface area contributed by atoms with Crippen molar-refractivity contribution in [3.05, 3.63) is 16.7 Å². The Hall–Kier alpha value is -2.05. The van der Waals surface area contributed by atoms with Crippen LogP contribution in [0.15, 0.2) is 11.1 Å². The molecular weight excluding hydrogens is 172 g/mol. The van der Waals surface area contributed by atoms with Crippen LogP contribution >= 0.6 is 0 Å². The third-order valence-electron chi connectivity index (χ3n) is 1.67. The number of hydrogen-bond donors (Lipinski definition) is 3. The molecule has 0 amide bonds. The normalized spacial score (nSPS) is 10.5. The zero-order valence-electron chi connectivity index (χ0n) is 6.90. The van der Waals surface area contributed by atoms with Gasteiger partial charge in [0, 0.05) is 7.05 Å². The number of anilines is 1. The van der Waals surface area contributed by atoms with E-state index in [1.165, 1.54) is 11.0 Å². The number of nitrogens with one attached hydrogen (secondary N) is 2.